The van der Waals surface area contributed by atoms with Crippen molar-refractivity contribution in [3.63, 3.8) is 0 Å². The average Bonchev–Trinajstić information content (AvgIpc) is 2.82. The molecule has 0 aromatic heterocycles. The van der Waals surface area contributed by atoms with Crippen LogP contribution in [0, 0.1) is 22.0 Å². The predicted molar refractivity (Wildman–Crippen MR) is 107 cm³/mol. The first-order valence-electron chi connectivity index (χ1n) is 7.41. The summed E-state index contributed by atoms with van der Waals surface area (Å²) in [5.74, 6) is -5.83. The van der Waals surface area contributed by atoms with E-state index in [0.717, 1.165) is 6.07 Å². The number of allylic oxidation sites excluding steroid dienone is 2. The molecule has 2 aliphatic rings. The SMILES string of the molecule is O=C(O)C1C(C(=O)Nc2cccc([N+](=O)[O-])c2)C2(Cl)C(Cl)=C(Cl)C1(Cl)C2(Cl)Cl. The Labute approximate surface area is 187 Å². The number of rotatable bonds is 4. The van der Waals surface area contributed by atoms with Crippen LogP contribution in [-0.2, 0) is 9.59 Å². The summed E-state index contributed by atoms with van der Waals surface area (Å²) < 4.78 is -2.23. The van der Waals surface area contributed by atoms with Crippen LogP contribution in [0.4, 0.5) is 11.4 Å². The summed E-state index contributed by atoms with van der Waals surface area (Å²) >= 11 is 37.8. The first-order chi connectivity index (χ1) is 12.8. The molecule has 0 radical (unpaired) electrons. The molecule has 1 aromatic carbocycles. The zero-order chi connectivity index (χ0) is 21.2. The van der Waals surface area contributed by atoms with Crippen LogP contribution < -0.4 is 5.32 Å². The van der Waals surface area contributed by atoms with E-state index in [4.69, 9.17) is 69.6 Å². The van der Waals surface area contributed by atoms with Crippen LogP contribution in [0.5, 0.6) is 0 Å². The smallest absolute Gasteiger partial charge is 0.309 e. The van der Waals surface area contributed by atoms with E-state index in [1.807, 2.05) is 0 Å². The number of carbonyl (C=O) groups is 2. The fourth-order valence-corrected chi connectivity index (χ4v) is 6.48. The second kappa shape index (κ2) is 6.79. The Morgan fingerprint density at radius 3 is 2.11 bits per heavy atom. The largest absolute Gasteiger partial charge is 0.481 e. The minimum atomic E-state index is -2.23. The lowest BCUT2D eigenvalue weighted by Crippen LogP contribution is -2.47. The lowest BCUT2D eigenvalue weighted by atomic mass is 9.81. The van der Waals surface area contributed by atoms with E-state index in [1.54, 1.807) is 0 Å². The number of nitrogens with zero attached hydrogens (tertiary/aromatic N) is 1. The quantitative estimate of drug-likeness (QED) is 0.348. The van der Waals surface area contributed by atoms with Gasteiger partial charge in [0.2, 0.25) is 5.91 Å². The number of hydrogen-bond donors (Lipinski definition) is 2. The van der Waals surface area contributed by atoms with Crippen molar-refractivity contribution in [1.82, 2.24) is 0 Å². The first-order valence-corrected chi connectivity index (χ1v) is 9.68. The van der Waals surface area contributed by atoms with Gasteiger partial charge in [-0.3, -0.25) is 19.7 Å². The molecule has 2 aliphatic carbocycles. The third kappa shape index (κ3) is 2.57. The van der Waals surface area contributed by atoms with Gasteiger partial charge in [0.25, 0.3) is 5.69 Å². The van der Waals surface area contributed by atoms with Gasteiger partial charge in [-0.25, -0.2) is 0 Å². The van der Waals surface area contributed by atoms with Gasteiger partial charge in [0, 0.05) is 17.8 Å². The number of nitro benzene ring substituents is 1. The molecule has 4 unspecified atom stereocenters. The molecule has 28 heavy (non-hydrogen) atoms. The number of alkyl halides is 4. The number of halogens is 6. The van der Waals surface area contributed by atoms with E-state index < -0.39 is 42.7 Å². The molecule has 4 atom stereocenters. The molecule has 0 aliphatic heterocycles. The molecule has 1 aromatic rings. The number of nitro groups is 1. The Bertz CT molecular complexity index is 953. The Morgan fingerprint density at radius 1 is 1.07 bits per heavy atom. The number of benzene rings is 1. The highest BCUT2D eigenvalue weighted by Crippen LogP contribution is 2.76. The Morgan fingerprint density at radius 2 is 1.61 bits per heavy atom. The number of amides is 1. The number of carbonyl (C=O) groups excluding carboxylic acids is 1. The summed E-state index contributed by atoms with van der Waals surface area (Å²) in [6.45, 7) is 0. The number of nitrogens with one attached hydrogen (secondary N) is 1. The number of carboxylic acids is 1. The molecule has 2 N–H and O–H groups in total. The van der Waals surface area contributed by atoms with Gasteiger partial charge in [-0.15, -0.1) is 23.2 Å². The van der Waals surface area contributed by atoms with Crippen molar-refractivity contribution < 1.29 is 19.6 Å². The van der Waals surface area contributed by atoms with Crippen molar-refractivity contribution in [2.24, 2.45) is 11.8 Å². The summed E-state index contributed by atoms with van der Waals surface area (Å²) in [5, 5.41) is 22.3. The van der Waals surface area contributed by atoms with Crippen molar-refractivity contribution in [2.45, 2.75) is 14.1 Å². The van der Waals surface area contributed by atoms with E-state index in [0.29, 0.717) is 0 Å². The molecule has 7 nitrogen and oxygen atoms in total. The average molecular weight is 509 g/mol. The zero-order valence-electron chi connectivity index (χ0n) is 13.3. The molecule has 1 saturated carbocycles. The molecular weight excluding hydrogens is 501 g/mol. The topological polar surface area (TPSA) is 110 Å². The number of aliphatic carboxylic acids is 1. The van der Waals surface area contributed by atoms with Crippen molar-refractivity contribution in [3.8, 4) is 0 Å². The molecular formula is C15H8Cl6N2O5. The van der Waals surface area contributed by atoms with Gasteiger partial charge in [0.15, 0.2) is 4.33 Å². The molecule has 0 spiro atoms. The van der Waals surface area contributed by atoms with Crippen LogP contribution in [0.15, 0.2) is 34.3 Å². The fourth-order valence-electron chi connectivity index (χ4n) is 3.54. The predicted octanol–water partition coefficient (Wildman–Crippen LogP) is 4.70. The number of hydrogen-bond acceptors (Lipinski definition) is 4. The summed E-state index contributed by atoms with van der Waals surface area (Å²) in [6, 6.07) is 4.99. The highest BCUT2D eigenvalue weighted by Gasteiger charge is 2.85. The number of fused-ring (bicyclic) bond motifs is 2. The van der Waals surface area contributed by atoms with Gasteiger partial charge in [0.1, 0.15) is 9.75 Å². The van der Waals surface area contributed by atoms with Crippen molar-refractivity contribution in [3.05, 3.63) is 44.4 Å². The van der Waals surface area contributed by atoms with Crippen LogP contribution in [0.25, 0.3) is 0 Å². The number of carboxylic acid groups (broad SMARTS) is 1. The Kier molecular flexibility index (Phi) is 5.27. The summed E-state index contributed by atoms with van der Waals surface area (Å²) in [6.07, 6.45) is 0. The second-order valence-corrected chi connectivity index (χ2v) is 9.49. The van der Waals surface area contributed by atoms with Crippen LogP contribution in [0.2, 0.25) is 0 Å². The van der Waals surface area contributed by atoms with Gasteiger partial charge in [-0.05, 0) is 6.07 Å². The maximum Gasteiger partial charge on any atom is 0.309 e. The molecule has 2 bridgehead atoms. The maximum atomic E-state index is 13.0. The lowest BCUT2D eigenvalue weighted by Gasteiger charge is -2.33. The van der Waals surface area contributed by atoms with Crippen LogP contribution in [0.1, 0.15) is 0 Å². The minimum Gasteiger partial charge on any atom is -0.481 e. The standard InChI is InChI=1S/C15H8Cl6N2O5/c16-9-10(17)14(19)8(12(25)26)7(13(9,18)15(14,20)21)11(24)22-5-2-1-3-6(4-5)23(27)28/h1-4,7-8H,(H,22,24)(H,25,26). The van der Waals surface area contributed by atoms with E-state index in [2.05, 4.69) is 5.32 Å². The normalized spacial score (nSPS) is 33.1. The third-order valence-corrected chi connectivity index (χ3v) is 9.07. The van der Waals surface area contributed by atoms with E-state index in [-0.39, 0.29) is 21.4 Å². The van der Waals surface area contributed by atoms with E-state index in [9.17, 15) is 24.8 Å². The van der Waals surface area contributed by atoms with Gasteiger partial charge in [-0.2, -0.15) is 0 Å². The zero-order valence-corrected chi connectivity index (χ0v) is 17.8. The lowest BCUT2D eigenvalue weighted by molar-refractivity contribution is -0.384. The number of non-ortho nitro benzene ring substituents is 1. The monoisotopic (exact) mass is 506 g/mol. The Balaban J connectivity index is 2.08. The highest BCUT2D eigenvalue weighted by atomic mass is 35.5. The van der Waals surface area contributed by atoms with Crippen LogP contribution in [0.3, 0.4) is 0 Å². The molecule has 0 saturated heterocycles. The highest BCUT2D eigenvalue weighted by molar-refractivity contribution is 6.66. The minimum absolute atomic E-state index is 0.0240. The van der Waals surface area contributed by atoms with Gasteiger partial charge < -0.3 is 10.4 Å². The van der Waals surface area contributed by atoms with Crippen molar-refractivity contribution >= 4 is 92.9 Å². The summed E-state index contributed by atoms with van der Waals surface area (Å²) in [4.78, 5) is 30.8. The molecule has 1 fully saturated rings. The molecule has 3 rings (SSSR count). The fraction of sp³-hybridized carbons (Fsp3) is 0.333. The molecule has 150 valence electrons. The summed E-state index contributed by atoms with van der Waals surface area (Å²) in [5.41, 5.74) is -0.268. The third-order valence-electron chi connectivity index (χ3n) is 4.81. The molecule has 1 amide bonds. The number of anilines is 1. The molecule has 0 heterocycles. The van der Waals surface area contributed by atoms with E-state index in [1.165, 1.54) is 18.2 Å². The van der Waals surface area contributed by atoms with Crippen molar-refractivity contribution in [2.75, 3.05) is 5.32 Å². The van der Waals surface area contributed by atoms with Gasteiger partial charge in [0.05, 0.1) is 26.8 Å². The van der Waals surface area contributed by atoms with Crippen molar-refractivity contribution in [1.29, 1.82) is 0 Å². The molecule has 13 heteroatoms. The Hall–Kier alpha value is -0.960. The summed E-state index contributed by atoms with van der Waals surface area (Å²) in [7, 11) is 0. The van der Waals surface area contributed by atoms with Crippen LogP contribution in [-0.4, -0.2) is 36.0 Å². The second-order valence-electron chi connectivity index (χ2n) is 6.22. The van der Waals surface area contributed by atoms with Gasteiger partial charge >= 0.3 is 5.97 Å². The van der Waals surface area contributed by atoms with E-state index >= 15 is 0 Å². The maximum absolute atomic E-state index is 13.0. The van der Waals surface area contributed by atoms with Crippen LogP contribution >= 0.6 is 69.6 Å². The first kappa shape index (κ1) is 21.7. The van der Waals surface area contributed by atoms with Gasteiger partial charge in [-0.1, -0.05) is 52.5 Å².